The van der Waals surface area contributed by atoms with E-state index in [-0.39, 0.29) is 17.0 Å². The van der Waals surface area contributed by atoms with E-state index in [0.29, 0.717) is 42.4 Å². The van der Waals surface area contributed by atoms with Crippen LogP contribution in [0.3, 0.4) is 0 Å². The number of benzene rings is 1. The number of rotatable bonds is 5. The normalized spacial score (nSPS) is 18.6. The van der Waals surface area contributed by atoms with Crippen molar-refractivity contribution in [3.63, 3.8) is 0 Å². The molecule has 0 spiro atoms. The van der Waals surface area contributed by atoms with E-state index in [2.05, 4.69) is 21.9 Å². The molecule has 7 heteroatoms. The van der Waals surface area contributed by atoms with Gasteiger partial charge in [-0.3, -0.25) is 9.78 Å². The molecule has 0 radical (unpaired) electrons. The Bertz CT molecular complexity index is 1110. The first-order valence-corrected chi connectivity index (χ1v) is 11.3. The summed E-state index contributed by atoms with van der Waals surface area (Å²) in [6, 6.07) is 8.82. The number of pyridine rings is 1. The lowest BCUT2D eigenvalue weighted by Crippen LogP contribution is -2.48. The molecule has 0 aliphatic carbocycles. The number of hydrogen-bond acceptors (Lipinski definition) is 4. The first kappa shape index (κ1) is 22.3. The predicted molar refractivity (Wildman–Crippen MR) is 123 cm³/mol. The number of carbonyl (C=O) groups excluding carboxylic acids is 1. The van der Waals surface area contributed by atoms with Crippen LogP contribution in [0.2, 0.25) is 5.02 Å². The average Bonchev–Trinajstić information content (AvgIpc) is 2.79. The van der Waals surface area contributed by atoms with Crippen LogP contribution >= 0.6 is 11.6 Å². The number of amides is 1. The number of nitrogens with zero attached hydrogens (tertiary/aromatic N) is 4. The Morgan fingerprint density at radius 1 is 1.22 bits per heavy atom. The highest BCUT2D eigenvalue weighted by atomic mass is 35.5. The third-order valence-electron chi connectivity index (χ3n) is 6.15. The van der Waals surface area contributed by atoms with Crippen LogP contribution in [0.4, 0.5) is 4.39 Å². The van der Waals surface area contributed by atoms with E-state index in [1.807, 2.05) is 30.0 Å². The molecule has 0 saturated carbocycles. The van der Waals surface area contributed by atoms with E-state index in [9.17, 15) is 9.18 Å². The number of piperidine rings is 1. The van der Waals surface area contributed by atoms with E-state index in [1.165, 1.54) is 12.3 Å². The highest BCUT2D eigenvalue weighted by Crippen LogP contribution is 2.31. The minimum atomic E-state index is -0.402. The van der Waals surface area contributed by atoms with Gasteiger partial charge in [-0.2, -0.15) is 0 Å². The molecule has 0 bridgehead atoms. The summed E-state index contributed by atoms with van der Waals surface area (Å²) in [7, 11) is 0. The maximum atomic E-state index is 14.3. The van der Waals surface area contributed by atoms with Crippen molar-refractivity contribution in [3.8, 4) is 11.4 Å². The van der Waals surface area contributed by atoms with Gasteiger partial charge in [0, 0.05) is 36.7 Å². The lowest BCUT2D eigenvalue weighted by atomic mass is 9.86. The molecule has 1 amide bonds. The Balaban J connectivity index is 1.62. The van der Waals surface area contributed by atoms with Crippen LogP contribution < -0.4 is 0 Å². The van der Waals surface area contributed by atoms with Crippen LogP contribution in [0.5, 0.6) is 0 Å². The molecule has 1 aliphatic heterocycles. The fourth-order valence-electron chi connectivity index (χ4n) is 4.48. The van der Waals surface area contributed by atoms with Gasteiger partial charge in [-0.15, -0.1) is 0 Å². The van der Waals surface area contributed by atoms with Gasteiger partial charge in [0.2, 0.25) is 0 Å². The molecule has 3 heterocycles. The maximum absolute atomic E-state index is 14.3. The molecular weight excluding hydrogens is 427 g/mol. The minimum absolute atomic E-state index is 0.00168. The van der Waals surface area contributed by atoms with Crippen LogP contribution in [-0.4, -0.2) is 38.3 Å². The molecular formula is C25H26ClFN4O. The second kappa shape index (κ2) is 9.74. The van der Waals surface area contributed by atoms with E-state index in [0.717, 1.165) is 24.0 Å². The Morgan fingerprint density at radius 2 is 2.00 bits per heavy atom. The second-order valence-electron chi connectivity index (χ2n) is 8.43. The van der Waals surface area contributed by atoms with Crippen molar-refractivity contribution >= 4 is 17.5 Å². The second-order valence-corrected chi connectivity index (χ2v) is 8.86. The van der Waals surface area contributed by atoms with Crippen molar-refractivity contribution in [3.05, 3.63) is 76.6 Å². The predicted octanol–water partition coefficient (Wildman–Crippen LogP) is 5.51. The Labute approximate surface area is 192 Å². The highest BCUT2D eigenvalue weighted by Gasteiger charge is 2.33. The van der Waals surface area contributed by atoms with Crippen molar-refractivity contribution in [2.75, 3.05) is 6.54 Å². The largest absolute Gasteiger partial charge is 0.335 e. The third-order valence-corrected chi connectivity index (χ3v) is 6.36. The number of aryl methyl sites for hydroxylation is 2. The molecule has 3 aromatic rings. The first-order chi connectivity index (χ1) is 15.4. The SMILES string of the molecule is Cc1ccc(-c2ncccn2)c(C(=O)N2CCC[C@@H](C)[C@H]2CCc2ncc(Cl)cc2F)c1. The zero-order valence-corrected chi connectivity index (χ0v) is 19.0. The summed E-state index contributed by atoms with van der Waals surface area (Å²) in [5, 5.41) is 0.282. The van der Waals surface area contributed by atoms with Crippen molar-refractivity contribution in [1.29, 1.82) is 0 Å². The molecule has 1 saturated heterocycles. The summed E-state index contributed by atoms with van der Waals surface area (Å²) in [6.45, 7) is 4.80. The molecule has 1 aromatic carbocycles. The van der Waals surface area contributed by atoms with Gasteiger partial charge in [0.25, 0.3) is 5.91 Å². The molecule has 1 fully saturated rings. The van der Waals surface area contributed by atoms with Gasteiger partial charge in [0.05, 0.1) is 16.3 Å². The van der Waals surface area contributed by atoms with Crippen molar-refractivity contribution in [1.82, 2.24) is 19.9 Å². The van der Waals surface area contributed by atoms with Crippen molar-refractivity contribution < 1.29 is 9.18 Å². The van der Waals surface area contributed by atoms with Crippen LogP contribution in [0.1, 0.15) is 47.8 Å². The number of aromatic nitrogens is 3. The molecule has 2 atom stereocenters. The fourth-order valence-corrected chi connectivity index (χ4v) is 4.62. The number of halogens is 2. The standard InChI is InChI=1S/C25H26ClFN4O/c1-16-6-7-19(24-28-10-4-11-29-24)20(13-16)25(32)31-12-3-5-17(2)23(31)9-8-22-21(27)14-18(26)15-30-22/h4,6-7,10-11,13-15,17,23H,3,5,8-9,12H2,1-2H3/t17-,23-/m1/s1. The molecule has 5 nitrogen and oxygen atoms in total. The maximum Gasteiger partial charge on any atom is 0.254 e. The van der Waals surface area contributed by atoms with Gasteiger partial charge in [-0.1, -0.05) is 36.2 Å². The van der Waals surface area contributed by atoms with Crippen LogP contribution in [0.15, 0.2) is 48.9 Å². The topological polar surface area (TPSA) is 59.0 Å². The monoisotopic (exact) mass is 452 g/mol. The Kier molecular flexibility index (Phi) is 6.80. The molecule has 2 aromatic heterocycles. The smallest absolute Gasteiger partial charge is 0.254 e. The van der Waals surface area contributed by atoms with E-state index < -0.39 is 5.82 Å². The summed E-state index contributed by atoms with van der Waals surface area (Å²) < 4.78 is 14.3. The summed E-state index contributed by atoms with van der Waals surface area (Å²) in [5.74, 6) is 0.410. The van der Waals surface area contributed by atoms with Crippen LogP contribution in [0.25, 0.3) is 11.4 Å². The minimum Gasteiger partial charge on any atom is -0.335 e. The Morgan fingerprint density at radius 3 is 2.75 bits per heavy atom. The first-order valence-electron chi connectivity index (χ1n) is 10.9. The quantitative estimate of drug-likeness (QED) is 0.512. The van der Waals surface area contributed by atoms with Gasteiger partial charge in [-0.25, -0.2) is 14.4 Å². The molecule has 4 rings (SSSR count). The summed E-state index contributed by atoms with van der Waals surface area (Å²) in [4.78, 5) is 28.6. The number of hydrogen-bond donors (Lipinski definition) is 0. The lowest BCUT2D eigenvalue weighted by molar-refractivity contribution is 0.0499. The summed E-state index contributed by atoms with van der Waals surface area (Å²) in [5.41, 5.74) is 2.71. The van der Waals surface area contributed by atoms with Crippen molar-refractivity contribution in [2.24, 2.45) is 5.92 Å². The molecule has 0 unspecified atom stereocenters. The lowest BCUT2D eigenvalue weighted by Gasteiger charge is -2.40. The fraction of sp³-hybridized carbons (Fsp3) is 0.360. The van der Waals surface area contributed by atoms with Crippen LogP contribution in [-0.2, 0) is 6.42 Å². The summed E-state index contributed by atoms with van der Waals surface area (Å²) in [6.07, 6.45) is 7.89. The zero-order valence-electron chi connectivity index (χ0n) is 18.3. The molecule has 32 heavy (non-hydrogen) atoms. The van der Waals surface area contributed by atoms with E-state index in [4.69, 9.17) is 11.6 Å². The van der Waals surface area contributed by atoms with Gasteiger partial charge < -0.3 is 4.90 Å². The molecule has 166 valence electrons. The average molecular weight is 453 g/mol. The summed E-state index contributed by atoms with van der Waals surface area (Å²) >= 11 is 5.83. The number of carbonyl (C=O) groups is 1. The van der Waals surface area contributed by atoms with E-state index in [1.54, 1.807) is 18.5 Å². The number of likely N-dealkylation sites (tertiary alicyclic amines) is 1. The van der Waals surface area contributed by atoms with Crippen molar-refractivity contribution in [2.45, 2.75) is 45.6 Å². The van der Waals surface area contributed by atoms with E-state index >= 15 is 0 Å². The van der Waals surface area contributed by atoms with Gasteiger partial charge in [0.1, 0.15) is 5.82 Å². The zero-order chi connectivity index (χ0) is 22.7. The highest BCUT2D eigenvalue weighted by molar-refractivity contribution is 6.30. The molecule has 1 aliphatic rings. The Hall–Kier alpha value is -2.86. The van der Waals surface area contributed by atoms with Gasteiger partial charge in [-0.05, 0) is 56.7 Å². The third kappa shape index (κ3) is 4.80. The van der Waals surface area contributed by atoms with Gasteiger partial charge >= 0.3 is 0 Å². The van der Waals surface area contributed by atoms with Gasteiger partial charge in [0.15, 0.2) is 5.82 Å². The molecule has 0 N–H and O–H groups in total. The van der Waals surface area contributed by atoms with Crippen LogP contribution in [0, 0.1) is 18.7 Å².